The van der Waals surface area contributed by atoms with E-state index in [1.165, 1.54) is 6.33 Å². The van der Waals surface area contributed by atoms with Gasteiger partial charge in [0.25, 0.3) is 0 Å². The standard InChI is InChI=1S/C19H26N6O3/c26-25(27)17-18(20-8-4-10-24-11-13-28-14-12-24)22-15-23-19(17)21-9-7-16-5-2-1-3-6-16/h1-3,5-6,15H,4,7-14H2,(H2,20,21,22,23). The van der Waals surface area contributed by atoms with Gasteiger partial charge < -0.3 is 15.4 Å². The highest BCUT2D eigenvalue weighted by Crippen LogP contribution is 2.28. The fourth-order valence-corrected chi connectivity index (χ4v) is 3.11. The highest BCUT2D eigenvalue weighted by molar-refractivity contribution is 5.69. The first-order chi connectivity index (χ1) is 13.7. The second-order valence-electron chi connectivity index (χ2n) is 6.57. The number of nitrogens with zero attached hydrogens (tertiary/aromatic N) is 4. The SMILES string of the molecule is O=[N+]([O-])c1c(NCCCN2CCOCC2)ncnc1NCCc1ccccc1. The van der Waals surface area contributed by atoms with Crippen LogP contribution < -0.4 is 10.6 Å². The topological polar surface area (TPSA) is 105 Å². The van der Waals surface area contributed by atoms with Crippen molar-refractivity contribution in [2.75, 3.05) is 56.6 Å². The second-order valence-corrected chi connectivity index (χ2v) is 6.57. The number of hydrogen-bond donors (Lipinski definition) is 2. The number of nitro groups is 1. The van der Waals surface area contributed by atoms with Gasteiger partial charge in [0.2, 0.25) is 11.6 Å². The number of aromatic nitrogens is 2. The largest absolute Gasteiger partial charge is 0.379 e. The van der Waals surface area contributed by atoms with Gasteiger partial charge in [-0.25, -0.2) is 9.97 Å². The van der Waals surface area contributed by atoms with Crippen molar-refractivity contribution in [3.63, 3.8) is 0 Å². The lowest BCUT2D eigenvalue weighted by Crippen LogP contribution is -2.37. The van der Waals surface area contributed by atoms with Crippen LogP contribution in [0.15, 0.2) is 36.7 Å². The van der Waals surface area contributed by atoms with Gasteiger partial charge in [0.1, 0.15) is 6.33 Å². The summed E-state index contributed by atoms with van der Waals surface area (Å²) in [4.78, 5) is 21.6. The van der Waals surface area contributed by atoms with Crippen LogP contribution in [0.3, 0.4) is 0 Å². The summed E-state index contributed by atoms with van der Waals surface area (Å²) in [5.74, 6) is 0.496. The predicted octanol–water partition coefficient (Wildman–Crippen LogP) is 2.17. The number of morpholine rings is 1. The van der Waals surface area contributed by atoms with Gasteiger partial charge in [-0.15, -0.1) is 0 Å². The van der Waals surface area contributed by atoms with E-state index in [1.54, 1.807) is 0 Å². The Bertz CT molecular complexity index is 753. The summed E-state index contributed by atoms with van der Waals surface area (Å²) >= 11 is 0. The number of hydrogen-bond acceptors (Lipinski definition) is 8. The molecular weight excluding hydrogens is 360 g/mol. The van der Waals surface area contributed by atoms with Crippen molar-refractivity contribution in [3.8, 4) is 0 Å². The van der Waals surface area contributed by atoms with Gasteiger partial charge in [-0.1, -0.05) is 30.3 Å². The van der Waals surface area contributed by atoms with Gasteiger partial charge in [-0.05, 0) is 24.9 Å². The summed E-state index contributed by atoms with van der Waals surface area (Å²) in [5, 5.41) is 17.7. The molecule has 1 aliphatic rings. The van der Waals surface area contributed by atoms with Gasteiger partial charge in [-0.3, -0.25) is 15.0 Å². The van der Waals surface area contributed by atoms with Crippen LogP contribution in [-0.2, 0) is 11.2 Å². The molecule has 2 heterocycles. The van der Waals surface area contributed by atoms with E-state index in [0.717, 1.165) is 51.3 Å². The van der Waals surface area contributed by atoms with Gasteiger partial charge in [-0.2, -0.15) is 0 Å². The molecule has 1 aromatic carbocycles. The molecule has 9 heteroatoms. The maximum Gasteiger partial charge on any atom is 0.353 e. The van der Waals surface area contributed by atoms with Crippen LogP contribution in [0, 0.1) is 10.1 Å². The summed E-state index contributed by atoms with van der Waals surface area (Å²) in [7, 11) is 0. The van der Waals surface area contributed by atoms with Crippen LogP contribution in [0.25, 0.3) is 0 Å². The molecule has 2 aromatic rings. The quantitative estimate of drug-likeness (QED) is 0.364. The Hall–Kier alpha value is -2.78. The smallest absolute Gasteiger partial charge is 0.353 e. The molecule has 1 fully saturated rings. The molecule has 0 spiro atoms. The molecule has 28 heavy (non-hydrogen) atoms. The fraction of sp³-hybridized carbons (Fsp3) is 0.474. The molecule has 2 N–H and O–H groups in total. The third kappa shape index (κ3) is 5.86. The van der Waals surface area contributed by atoms with Crippen molar-refractivity contribution < 1.29 is 9.66 Å². The normalized spacial score (nSPS) is 14.6. The lowest BCUT2D eigenvalue weighted by Gasteiger charge is -2.26. The van der Waals surface area contributed by atoms with E-state index in [1.807, 2.05) is 30.3 Å². The van der Waals surface area contributed by atoms with Gasteiger partial charge in [0, 0.05) is 26.2 Å². The van der Waals surface area contributed by atoms with Crippen molar-refractivity contribution in [1.82, 2.24) is 14.9 Å². The molecule has 0 radical (unpaired) electrons. The van der Waals surface area contributed by atoms with Crippen molar-refractivity contribution in [2.45, 2.75) is 12.8 Å². The van der Waals surface area contributed by atoms with Gasteiger partial charge in [0.05, 0.1) is 18.1 Å². The number of ether oxygens (including phenoxy) is 1. The molecule has 3 rings (SSSR count). The van der Waals surface area contributed by atoms with Crippen molar-refractivity contribution >= 4 is 17.3 Å². The molecule has 0 amide bonds. The summed E-state index contributed by atoms with van der Waals surface area (Å²) in [6, 6.07) is 9.96. The highest BCUT2D eigenvalue weighted by atomic mass is 16.6. The Morgan fingerprint density at radius 3 is 2.43 bits per heavy atom. The van der Waals surface area contributed by atoms with E-state index >= 15 is 0 Å². The molecular formula is C19H26N6O3. The molecule has 0 unspecified atom stereocenters. The average Bonchev–Trinajstić information content (AvgIpc) is 2.72. The first-order valence-electron chi connectivity index (χ1n) is 9.55. The monoisotopic (exact) mass is 386 g/mol. The minimum atomic E-state index is -0.435. The van der Waals surface area contributed by atoms with E-state index in [2.05, 4.69) is 25.5 Å². The van der Waals surface area contributed by atoms with Crippen LogP contribution in [0.4, 0.5) is 17.3 Å². The van der Waals surface area contributed by atoms with E-state index in [-0.39, 0.29) is 17.3 Å². The lowest BCUT2D eigenvalue weighted by molar-refractivity contribution is -0.383. The maximum absolute atomic E-state index is 11.6. The zero-order valence-electron chi connectivity index (χ0n) is 15.8. The second kappa shape index (κ2) is 10.5. The van der Waals surface area contributed by atoms with Crippen LogP contribution >= 0.6 is 0 Å². The Balaban J connectivity index is 1.53. The summed E-state index contributed by atoms with van der Waals surface area (Å²) in [5.41, 5.74) is 1.05. The van der Waals surface area contributed by atoms with Crippen molar-refractivity contribution in [3.05, 3.63) is 52.3 Å². The fourth-order valence-electron chi connectivity index (χ4n) is 3.11. The van der Waals surface area contributed by atoms with E-state index in [4.69, 9.17) is 4.74 Å². The molecule has 0 aliphatic carbocycles. The molecule has 1 saturated heterocycles. The van der Waals surface area contributed by atoms with Gasteiger partial charge in [0.15, 0.2) is 0 Å². The Morgan fingerprint density at radius 1 is 1.07 bits per heavy atom. The minimum absolute atomic E-state index is 0.109. The predicted molar refractivity (Wildman–Crippen MR) is 108 cm³/mol. The lowest BCUT2D eigenvalue weighted by atomic mass is 10.1. The zero-order valence-corrected chi connectivity index (χ0v) is 15.8. The summed E-state index contributed by atoms with van der Waals surface area (Å²) in [6.45, 7) is 5.49. The van der Waals surface area contributed by atoms with Crippen molar-refractivity contribution in [1.29, 1.82) is 0 Å². The average molecular weight is 386 g/mol. The Morgan fingerprint density at radius 2 is 1.75 bits per heavy atom. The molecule has 150 valence electrons. The van der Waals surface area contributed by atoms with E-state index in [0.29, 0.717) is 13.1 Å². The van der Waals surface area contributed by atoms with Crippen molar-refractivity contribution in [2.24, 2.45) is 0 Å². The summed E-state index contributed by atoms with van der Waals surface area (Å²) < 4.78 is 5.33. The first-order valence-corrected chi connectivity index (χ1v) is 9.55. The van der Waals surface area contributed by atoms with E-state index in [9.17, 15) is 10.1 Å². The molecule has 0 saturated carbocycles. The number of anilines is 2. The Labute approximate surface area is 164 Å². The third-order valence-electron chi connectivity index (χ3n) is 4.60. The molecule has 0 atom stereocenters. The van der Waals surface area contributed by atoms with Gasteiger partial charge >= 0.3 is 5.69 Å². The number of benzene rings is 1. The first kappa shape index (κ1) is 20.0. The maximum atomic E-state index is 11.6. The summed E-state index contributed by atoms with van der Waals surface area (Å²) in [6.07, 6.45) is 2.98. The molecule has 1 aliphatic heterocycles. The van der Waals surface area contributed by atoms with Crippen LogP contribution in [0.1, 0.15) is 12.0 Å². The van der Waals surface area contributed by atoms with Crippen LogP contribution in [0.5, 0.6) is 0 Å². The molecule has 9 nitrogen and oxygen atoms in total. The third-order valence-corrected chi connectivity index (χ3v) is 4.60. The Kier molecular flexibility index (Phi) is 7.51. The number of nitrogens with one attached hydrogen (secondary N) is 2. The molecule has 0 bridgehead atoms. The van der Waals surface area contributed by atoms with Crippen LogP contribution in [-0.4, -0.2) is 65.7 Å². The highest BCUT2D eigenvalue weighted by Gasteiger charge is 2.22. The van der Waals surface area contributed by atoms with Crippen LogP contribution in [0.2, 0.25) is 0 Å². The minimum Gasteiger partial charge on any atom is -0.379 e. The zero-order chi connectivity index (χ0) is 19.6. The van der Waals surface area contributed by atoms with E-state index < -0.39 is 4.92 Å². The number of rotatable bonds is 10. The molecule has 1 aromatic heterocycles.